The van der Waals surface area contributed by atoms with Crippen molar-refractivity contribution in [2.75, 3.05) is 36.0 Å². The molecule has 1 N–H and O–H groups in total. The highest BCUT2D eigenvalue weighted by molar-refractivity contribution is 5.91. The summed E-state index contributed by atoms with van der Waals surface area (Å²) in [6.07, 6.45) is 4.18. The molecule has 0 spiro atoms. The van der Waals surface area contributed by atoms with Gasteiger partial charge in [-0.2, -0.15) is 0 Å². The molecule has 0 radical (unpaired) electrons. The van der Waals surface area contributed by atoms with Crippen molar-refractivity contribution in [3.05, 3.63) is 58.6 Å². The third-order valence-corrected chi connectivity index (χ3v) is 5.29. The smallest absolute Gasteiger partial charge is 0.252 e. The molecule has 5 rings (SSSR count). The molecular weight excluding hydrogens is 326 g/mol. The average Bonchev–Trinajstić information content (AvgIpc) is 3.53. The van der Waals surface area contributed by atoms with Gasteiger partial charge in [-0.3, -0.25) is 14.8 Å². The zero-order valence-electron chi connectivity index (χ0n) is 14.6. The number of aromatic nitrogens is 3. The number of piperazine rings is 1. The van der Waals surface area contributed by atoms with E-state index in [4.69, 9.17) is 4.98 Å². The Bertz CT molecular complexity index is 997. The van der Waals surface area contributed by atoms with Crippen LogP contribution < -0.4 is 15.4 Å². The highest BCUT2D eigenvalue weighted by Crippen LogP contribution is 2.38. The van der Waals surface area contributed by atoms with E-state index in [2.05, 4.69) is 38.0 Å². The molecule has 26 heavy (non-hydrogen) atoms. The van der Waals surface area contributed by atoms with Gasteiger partial charge in [-0.05, 0) is 25.0 Å². The zero-order chi connectivity index (χ0) is 17.5. The average molecular weight is 347 g/mol. The van der Waals surface area contributed by atoms with Gasteiger partial charge in [0.2, 0.25) is 5.95 Å². The monoisotopic (exact) mass is 347 g/mol. The summed E-state index contributed by atoms with van der Waals surface area (Å²) >= 11 is 0. The van der Waals surface area contributed by atoms with Crippen LogP contribution in [0.5, 0.6) is 0 Å². The molecule has 0 atom stereocenters. The van der Waals surface area contributed by atoms with Gasteiger partial charge in [-0.25, -0.2) is 4.98 Å². The summed E-state index contributed by atoms with van der Waals surface area (Å²) in [5.74, 6) is 1.21. The number of fused-ring (bicyclic) bond motifs is 1. The topological polar surface area (TPSA) is 65.1 Å². The molecular formula is C20H21N5O. The van der Waals surface area contributed by atoms with Crippen LogP contribution in [0.4, 0.5) is 11.6 Å². The number of hydrogen-bond donors (Lipinski definition) is 1. The molecule has 0 unspecified atom stereocenters. The molecule has 1 saturated heterocycles. The molecule has 1 aliphatic heterocycles. The predicted octanol–water partition coefficient (Wildman–Crippen LogP) is 2.52. The first kappa shape index (κ1) is 15.4. The molecule has 1 aromatic carbocycles. The molecule has 1 saturated carbocycles. The first-order valence-electron chi connectivity index (χ1n) is 9.23. The maximum Gasteiger partial charge on any atom is 0.252 e. The van der Waals surface area contributed by atoms with Gasteiger partial charge in [-0.1, -0.05) is 18.2 Å². The Hall–Kier alpha value is -2.89. The Kier molecular flexibility index (Phi) is 3.62. The minimum Gasteiger partial charge on any atom is -0.367 e. The van der Waals surface area contributed by atoms with E-state index < -0.39 is 0 Å². The van der Waals surface area contributed by atoms with Gasteiger partial charge in [0.15, 0.2) is 0 Å². The molecule has 3 aromatic rings. The minimum absolute atomic E-state index is 0.0422. The second-order valence-corrected chi connectivity index (χ2v) is 7.09. The van der Waals surface area contributed by atoms with E-state index in [1.54, 1.807) is 6.07 Å². The second-order valence-electron chi connectivity index (χ2n) is 7.09. The summed E-state index contributed by atoms with van der Waals surface area (Å²) in [5, 5.41) is 1.19. The zero-order valence-corrected chi connectivity index (χ0v) is 14.6. The van der Waals surface area contributed by atoms with Gasteiger partial charge in [0.05, 0.1) is 11.2 Å². The van der Waals surface area contributed by atoms with Crippen molar-refractivity contribution in [1.82, 2.24) is 15.0 Å². The number of nitrogens with zero attached hydrogens (tertiary/aromatic N) is 4. The Labute approximate surface area is 151 Å². The van der Waals surface area contributed by atoms with E-state index in [9.17, 15) is 4.79 Å². The number of nitrogens with one attached hydrogen (secondary N) is 1. The predicted molar refractivity (Wildman–Crippen MR) is 103 cm³/mol. The van der Waals surface area contributed by atoms with Crippen LogP contribution in [-0.4, -0.2) is 41.1 Å². The highest BCUT2D eigenvalue weighted by Gasteiger charge is 2.27. The number of para-hydroxylation sites is 1. The number of pyridine rings is 1. The van der Waals surface area contributed by atoms with Crippen molar-refractivity contribution in [2.45, 2.75) is 18.8 Å². The molecule has 2 aromatic heterocycles. The largest absolute Gasteiger partial charge is 0.367 e. The summed E-state index contributed by atoms with van der Waals surface area (Å²) in [4.78, 5) is 28.6. The maximum absolute atomic E-state index is 12.0. The van der Waals surface area contributed by atoms with Crippen molar-refractivity contribution in [1.29, 1.82) is 0 Å². The molecule has 2 fully saturated rings. The molecule has 6 heteroatoms. The first-order chi connectivity index (χ1) is 12.8. The summed E-state index contributed by atoms with van der Waals surface area (Å²) in [6.45, 7) is 3.47. The Balaban J connectivity index is 1.37. The van der Waals surface area contributed by atoms with Gasteiger partial charge in [0, 0.05) is 55.4 Å². The van der Waals surface area contributed by atoms with Crippen molar-refractivity contribution < 1.29 is 0 Å². The van der Waals surface area contributed by atoms with Crippen molar-refractivity contribution in [3.8, 4) is 0 Å². The van der Waals surface area contributed by atoms with Crippen LogP contribution in [0.2, 0.25) is 0 Å². The van der Waals surface area contributed by atoms with Crippen LogP contribution in [0.25, 0.3) is 10.9 Å². The van der Waals surface area contributed by atoms with Crippen LogP contribution in [0.1, 0.15) is 24.5 Å². The quantitative estimate of drug-likeness (QED) is 0.789. The van der Waals surface area contributed by atoms with Gasteiger partial charge in [0.1, 0.15) is 0 Å². The molecule has 6 nitrogen and oxygen atoms in total. The Morgan fingerprint density at radius 3 is 2.58 bits per heavy atom. The fourth-order valence-corrected chi connectivity index (χ4v) is 3.72. The number of hydrogen-bond acceptors (Lipinski definition) is 5. The number of anilines is 2. The van der Waals surface area contributed by atoms with Crippen LogP contribution in [0.3, 0.4) is 0 Å². The molecule has 132 valence electrons. The van der Waals surface area contributed by atoms with Crippen LogP contribution >= 0.6 is 0 Å². The number of benzene rings is 1. The molecule has 1 aliphatic carbocycles. The Morgan fingerprint density at radius 2 is 1.77 bits per heavy atom. The lowest BCUT2D eigenvalue weighted by Gasteiger charge is -2.36. The van der Waals surface area contributed by atoms with Gasteiger partial charge >= 0.3 is 0 Å². The molecule has 2 aliphatic rings. The van der Waals surface area contributed by atoms with E-state index in [-0.39, 0.29) is 5.56 Å². The number of rotatable bonds is 3. The standard InChI is InChI=1S/C20H21N5O/c26-19-13-17(14-5-6-14)22-20(23-19)25-11-9-24(10-12-25)18-7-8-21-16-4-2-1-3-15(16)18/h1-4,7-8,13-14H,5-6,9-12H2,(H,22,23,26). The van der Waals surface area contributed by atoms with Crippen molar-refractivity contribution in [3.63, 3.8) is 0 Å². The van der Waals surface area contributed by atoms with Gasteiger partial charge in [0.25, 0.3) is 5.56 Å². The summed E-state index contributed by atoms with van der Waals surface area (Å²) < 4.78 is 0. The third kappa shape index (κ3) is 2.81. The van der Waals surface area contributed by atoms with Crippen LogP contribution in [-0.2, 0) is 0 Å². The van der Waals surface area contributed by atoms with Crippen LogP contribution in [0, 0.1) is 0 Å². The summed E-state index contributed by atoms with van der Waals surface area (Å²) in [5.41, 5.74) is 3.16. The maximum atomic E-state index is 12.0. The lowest BCUT2D eigenvalue weighted by molar-refractivity contribution is 0.638. The molecule has 0 amide bonds. The Morgan fingerprint density at radius 1 is 1.00 bits per heavy atom. The summed E-state index contributed by atoms with van der Waals surface area (Å²) in [6, 6.07) is 12.0. The van der Waals surface area contributed by atoms with Crippen molar-refractivity contribution in [2.24, 2.45) is 0 Å². The first-order valence-corrected chi connectivity index (χ1v) is 9.23. The SMILES string of the molecule is O=c1cc(C2CC2)nc(N2CCN(c3ccnc4ccccc34)CC2)[nH]1. The number of H-pyrrole nitrogens is 1. The van der Waals surface area contributed by atoms with Gasteiger partial charge in [-0.15, -0.1) is 0 Å². The number of aromatic amines is 1. The summed E-state index contributed by atoms with van der Waals surface area (Å²) in [7, 11) is 0. The fraction of sp³-hybridized carbons (Fsp3) is 0.350. The molecule has 0 bridgehead atoms. The normalized spacial score (nSPS) is 17.7. The minimum atomic E-state index is -0.0422. The van der Waals surface area contributed by atoms with E-state index in [0.717, 1.165) is 56.2 Å². The fourth-order valence-electron chi connectivity index (χ4n) is 3.72. The lowest BCUT2D eigenvalue weighted by atomic mass is 10.1. The van der Waals surface area contributed by atoms with E-state index in [1.165, 1.54) is 11.1 Å². The van der Waals surface area contributed by atoms with E-state index in [0.29, 0.717) is 5.92 Å². The van der Waals surface area contributed by atoms with Gasteiger partial charge < -0.3 is 9.80 Å². The van der Waals surface area contributed by atoms with E-state index in [1.807, 2.05) is 18.3 Å². The van der Waals surface area contributed by atoms with Crippen molar-refractivity contribution >= 4 is 22.5 Å². The van der Waals surface area contributed by atoms with E-state index >= 15 is 0 Å². The third-order valence-electron chi connectivity index (χ3n) is 5.29. The molecule has 3 heterocycles. The lowest BCUT2D eigenvalue weighted by Crippen LogP contribution is -2.47. The highest BCUT2D eigenvalue weighted by atomic mass is 16.1. The van der Waals surface area contributed by atoms with Crippen LogP contribution in [0.15, 0.2) is 47.4 Å². The second kappa shape index (κ2) is 6.12.